The van der Waals surface area contributed by atoms with Crippen molar-refractivity contribution < 1.29 is 0 Å². The van der Waals surface area contributed by atoms with Crippen molar-refractivity contribution in [1.29, 1.82) is 0 Å². The lowest BCUT2D eigenvalue weighted by atomic mass is 10.0. The molecular formula is C15H26N2. The Morgan fingerprint density at radius 1 is 1.18 bits per heavy atom. The maximum absolute atomic E-state index is 6.09. The van der Waals surface area contributed by atoms with E-state index < -0.39 is 0 Å². The molecule has 0 aromatic heterocycles. The first-order chi connectivity index (χ1) is 8.19. The largest absolute Gasteiger partial charge is 0.397 e. The molecule has 1 aromatic rings. The molecule has 2 heteroatoms. The third kappa shape index (κ3) is 4.29. The summed E-state index contributed by atoms with van der Waals surface area (Å²) in [5.74, 6) is 0. The third-order valence-electron chi connectivity index (χ3n) is 3.23. The number of rotatable bonds is 7. The topological polar surface area (TPSA) is 38.0 Å². The molecule has 0 fully saturated rings. The van der Waals surface area contributed by atoms with Crippen LogP contribution in [0.15, 0.2) is 18.2 Å². The second kappa shape index (κ2) is 7.21. The lowest BCUT2D eigenvalue weighted by Gasteiger charge is -2.21. The molecule has 0 amide bonds. The summed E-state index contributed by atoms with van der Waals surface area (Å²) in [7, 11) is 0. The van der Waals surface area contributed by atoms with Crippen LogP contribution >= 0.6 is 0 Å². The van der Waals surface area contributed by atoms with E-state index >= 15 is 0 Å². The number of unbranched alkanes of at least 4 members (excludes halogenated alkanes) is 1. The van der Waals surface area contributed by atoms with Crippen LogP contribution in [0.4, 0.5) is 11.4 Å². The van der Waals surface area contributed by atoms with Gasteiger partial charge in [0.15, 0.2) is 0 Å². The molecule has 0 aliphatic heterocycles. The Labute approximate surface area is 106 Å². The molecule has 1 rings (SSSR count). The van der Waals surface area contributed by atoms with Gasteiger partial charge in [-0.1, -0.05) is 45.2 Å². The Bertz CT molecular complexity index is 334. The molecule has 0 heterocycles. The lowest BCUT2D eigenvalue weighted by Crippen LogP contribution is -2.20. The summed E-state index contributed by atoms with van der Waals surface area (Å²) in [5.41, 5.74) is 9.24. The maximum atomic E-state index is 6.09. The molecule has 0 radical (unpaired) electrons. The third-order valence-corrected chi connectivity index (χ3v) is 3.23. The maximum Gasteiger partial charge on any atom is 0.0579 e. The molecule has 1 unspecified atom stereocenters. The van der Waals surface area contributed by atoms with Gasteiger partial charge in [0.2, 0.25) is 0 Å². The van der Waals surface area contributed by atoms with Crippen molar-refractivity contribution in [2.75, 3.05) is 11.1 Å². The average molecular weight is 234 g/mol. The summed E-state index contributed by atoms with van der Waals surface area (Å²) < 4.78 is 0. The van der Waals surface area contributed by atoms with Gasteiger partial charge >= 0.3 is 0 Å². The van der Waals surface area contributed by atoms with Crippen molar-refractivity contribution in [3.63, 3.8) is 0 Å². The Hall–Kier alpha value is -1.18. The van der Waals surface area contributed by atoms with Gasteiger partial charge in [0.1, 0.15) is 0 Å². The summed E-state index contributed by atoms with van der Waals surface area (Å²) >= 11 is 0. The first kappa shape index (κ1) is 13.9. The fourth-order valence-electron chi connectivity index (χ4n) is 2.11. The molecule has 1 atom stereocenters. The van der Waals surface area contributed by atoms with Crippen LogP contribution in [0.1, 0.15) is 51.5 Å². The van der Waals surface area contributed by atoms with Crippen molar-refractivity contribution in [1.82, 2.24) is 0 Å². The lowest BCUT2D eigenvalue weighted by molar-refractivity contribution is 0.564. The smallest absolute Gasteiger partial charge is 0.0579 e. The highest BCUT2D eigenvalue weighted by atomic mass is 14.9. The molecule has 0 spiro atoms. The fourth-order valence-corrected chi connectivity index (χ4v) is 2.11. The van der Waals surface area contributed by atoms with Gasteiger partial charge in [-0.05, 0) is 31.4 Å². The minimum atomic E-state index is 0.559. The molecule has 0 aliphatic carbocycles. The Morgan fingerprint density at radius 3 is 2.59 bits per heavy atom. The molecular weight excluding hydrogens is 208 g/mol. The normalized spacial score (nSPS) is 12.4. The van der Waals surface area contributed by atoms with Crippen LogP contribution in [0.5, 0.6) is 0 Å². The number of anilines is 2. The average Bonchev–Trinajstić information content (AvgIpc) is 2.32. The number of hydrogen-bond donors (Lipinski definition) is 2. The van der Waals surface area contributed by atoms with E-state index in [1.165, 1.54) is 32.1 Å². The van der Waals surface area contributed by atoms with Gasteiger partial charge < -0.3 is 11.1 Å². The Balaban J connectivity index is 2.67. The first-order valence-corrected chi connectivity index (χ1v) is 6.80. The summed E-state index contributed by atoms with van der Waals surface area (Å²) in [6, 6.07) is 6.76. The van der Waals surface area contributed by atoms with Gasteiger partial charge in [-0.25, -0.2) is 0 Å². The molecule has 2 nitrogen and oxygen atoms in total. The molecule has 0 bridgehead atoms. The summed E-state index contributed by atoms with van der Waals surface area (Å²) in [6.07, 6.45) is 6.20. The molecule has 3 N–H and O–H groups in total. The van der Waals surface area contributed by atoms with Gasteiger partial charge in [0.05, 0.1) is 11.4 Å². The molecule has 17 heavy (non-hydrogen) atoms. The van der Waals surface area contributed by atoms with Crippen LogP contribution < -0.4 is 11.1 Å². The van der Waals surface area contributed by atoms with E-state index in [1.807, 2.05) is 0 Å². The predicted molar refractivity (Wildman–Crippen MR) is 77.4 cm³/mol. The van der Waals surface area contributed by atoms with Gasteiger partial charge in [-0.15, -0.1) is 0 Å². The van der Waals surface area contributed by atoms with Gasteiger partial charge in [0, 0.05) is 6.04 Å². The fraction of sp³-hybridized carbons (Fsp3) is 0.600. The number of nitrogens with two attached hydrogens (primary N) is 1. The highest BCUT2D eigenvalue weighted by Crippen LogP contribution is 2.24. The monoisotopic (exact) mass is 234 g/mol. The number of nitrogens with one attached hydrogen (secondary N) is 1. The molecule has 0 aliphatic rings. The van der Waals surface area contributed by atoms with Crippen LogP contribution in [0, 0.1) is 6.92 Å². The van der Waals surface area contributed by atoms with Crippen LogP contribution in [-0.4, -0.2) is 6.04 Å². The van der Waals surface area contributed by atoms with Crippen molar-refractivity contribution in [2.45, 2.75) is 58.9 Å². The molecule has 1 aromatic carbocycles. The van der Waals surface area contributed by atoms with E-state index in [9.17, 15) is 0 Å². The molecule has 96 valence electrons. The summed E-state index contributed by atoms with van der Waals surface area (Å²) in [5, 5.41) is 3.60. The highest BCUT2D eigenvalue weighted by molar-refractivity contribution is 5.69. The number of hydrogen-bond acceptors (Lipinski definition) is 2. The van der Waals surface area contributed by atoms with Gasteiger partial charge in [0.25, 0.3) is 0 Å². The predicted octanol–water partition coefficient (Wildman–Crippen LogP) is 4.35. The van der Waals surface area contributed by atoms with Crippen molar-refractivity contribution in [2.24, 2.45) is 0 Å². The zero-order valence-corrected chi connectivity index (χ0v) is 11.4. The van der Waals surface area contributed by atoms with Crippen molar-refractivity contribution in [3.05, 3.63) is 23.8 Å². The van der Waals surface area contributed by atoms with E-state index in [1.54, 1.807) is 0 Å². The van der Waals surface area contributed by atoms with E-state index in [0.717, 1.165) is 16.9 Å². The Morgan fingerprint density at radius 2 is 1.94 bits per heavy atom. The number of para-hydroxylation sites is 1. The van der Waals surface area contributed by atoms with Gasteiger partial charge in [-0.3, -0.25) is 0 Å². The van der Waals surface area contributed by atoms with E-state index in [2.05, 4.69) is 44.3 Å². The summed E-state index contributed by atoms with van der Waals surface area (Å²) in [4.78, 5) is 0. The van der Waals surface area contributed by atoms with Crippen LogP contribution in [0.2, 0.25) is 0 Å². The Kier molecular flexibility index (Phi) is 5.88. The standard InChI is InChI=1S/C15H26N2/c1-4-6-10-13(8-5-2)17-14-11-7-9-12(3)15(14)16/h7,9,11,13,17H,4-6,8,10,16H2,1-3H3. The zero-order chi connectivity index (χ0) is 12.7. The SMILES string of the molecule is CCCCC(CCC)Nc1cccc(C)c1N. The van der Waals surface area contributed by atoms with Crippen LogP contribution in [-0.2, 0) is 0 Å². The van der Waals surface area contributed by atoms with E-state index in [-0.39, 0.29) is 0 Å². The first-order valence-electron chi connectivity index (χ1n) is 6.80. The molecule has 0 saturated carbocycles. The quantitative estimate of drug-likeness (QED) is 0.688. The van der Waals surface area contributed by atoms with Gasteiger partial charge in [-0.2, -0.15) is 0 Å². The minimum Gasteiger partial charge on any atom is -0.397 e. The number of nitrogen functional groups attached to an aromatic ring is 1. The minimum absolute atomic E-state index is 0.559. The second-order valence-corrected chi connectivity index (χ2v) is 4.81. The van der Waals surface area contributed by atoms with Crippen molar-refractivity contribution >= 4 is 11.4 Å². The molecule has 0 saturated heterocycles. The second-order valence-electron chi connectivity index (χ2n) is 4.81. The number of benzene rings is 1. The van der Waals surface area contributed by atoms with E-state index in [0.29, 0.717) is 6.04 Å². The van der Waals surface area contributed by atoms with Crippen LogP contribution in [0.3, 0.4) is 0 Å². The summed E-state index contributed by atoms with van der Waals surface area (Å²) in [6.45, 7) is 6.53. The van der Waals surface area contributed by atoms with Crippen molar-refractivity contribution in [3.8, 4) is 0 Å². The van der Waals surface area contributed by atoms with Crippen LogP contribution in [0.25, 0.3) is 0 Å². The van der Waals surface area contributed by atoms with E-state index in [4.69, 9.17) is 5.73 Å². The highest BCUT2D eigenvalue weighted by Gasteiger charge is 2.09. The zero-order valence-electron chi connectivity index (χ0n) is 11.4. The number of aryl methyl sites for hydroxylation is 1.